The summed E-state index contributed by atoms with van der Waals surface area (Å²) >= 11 is 3.52. The molecular formula is C25H23BrN2O4. The summed E-state index contributed by atoms with van der Waals surface area (Å²) in [4.78, 5) is 29.3. The Morgan fingerprint density at radius 1 is 0.781 bits per heavy atom. The normalized spacial score (nSPS) is 13.7. The minimum atomic E-state index is -0.229. The summed E-state index contributed by atoms with van der Waals surface area (Å²) in [7, 11) is 0. The largest absolute Gasteiger partial charge is 0.507 e. The molecule has 0 radical (unpaired) electrons. The molecule has 1 fully saturated rings. The van der Waals surface area contributed by atoms with E-state index in [2.05, 4.69) is 15.9 Å². The van der Waals surface area contributed by atoms with E-state index in [4.69, 9.17) is 4.74 Å². The number of phenols is 1. The topological polar surface area (TPSA) is 70.1 Å². The average Bonchev–Trinajstić information content (AvgIpc) is 2.83. The molecule has 0 saturated carbocycles. The maximum absolute atomic E-state index is 13.2. The minimum Gasteiger partial charge on any atom is -0.507 e. The zero-order valence-corrected chi connectivity index (χ0v) is 19.0. The molecule has 3 aromatic carbocycles. The molecule has 0 bridgehead atoms. The molecule has 32 heavy (non-hydrogen) atoms. The predicted molar refractivity (Wildman–Crippen MR) is 125 cm³/mol. The fourth-order valence-electron chi connectivity index (χ4n) is 3.65. The Labute approximate surface area is 195 Å². The quantitative estimate of drug-likeness (QED) is 0.572. The maximum Gasteiger partial charge on any atom is 0.257 e. The molecule has 0 atom stereocenters. The molecule has 1 aliphatic heterocycles. The van der Waals surface area contributed by atoms with Crippen LogP contribution in [0.4, 0.5) is 0 Å². The van der Waals surface area contributed by atoms with Crippen LogP contribution in [0.2, 0.25) is 0 Å². The van der Waals surface area contributed by atoms with Gasteiger partial charge in [-0.25, -0.2) is 0 Å². The van der Waals surface area contributed by atoms with Gasteiger partial charge in [0, 0.05) is 36.2 Å². The van der Waals surface area contributed by atoms with Crippen molar-refractivity contribution in [3.8, 4) is 11.5 Å². The van der Waals surface area contributed by atoms with Crippen LogP contribution in [0.15, 0.2) is 77.3 Å². The number of rotatable bonds is 5. The maximum atomic E-state index is 13.2. The van der Waals surface area contributed by atoms with Gasteiger partial charge < -0.3 is 19.6 Å². The van der Waals surface area contributed by atoms with E-state index in [-0.39, 0.29) is 23.1 Å². The van der Waals surface area contributed by atoms with Crippen molar-refractivity contribution in [1.29, 1.82) is 0 Å². The van der Waals surface area contributed by atoms with Gasteiger partial charge in [-0.2, -0.15) is 0 Å². The predicted octanol–water partition coefficient (Wildman–Crippen LogP) is 4.33. The molecule has 0 aromatic heterocycles. The molecule has 1 N–H and O–H groups in total. The zero-order valence-electron chi connectivity index (χ0n) is 17.4. The van der Waals surface area contributed by atoms with Gasteiger partial charge in [0.2, 0.25) is 0 Å². The smallest absolute Gasteiger partial charge is 0.257 e. The Hall–Kier alpha value is -3.32. The summed E-state index contributed by atoms with van der Waals surface area (Å²) in [5.41, 5.74) is 1.77. The number of nitrogens with zero attached hydrogens (tertiary/aromatic N) is 2. The van der Waals surface area contributed by atoms with Crippen LogP contribution in [-0.2, 0) is 6.61 Å². The van der Waals surface area contributed by atoms with Crippen molar-refractivity contribution in [2.45, 2.75) is 6.61 Å². The lowest BCUT2D eigenvalue weighted by atomic mass is 10.1. The number of hydrogen-bond acceptors (Lipinski definition) is 4. The molecule has 4 rings (SSSR count). The first-order valence-electron chi connectivity index (χ1n) is 10.4. The van der Waals surface area contributed by atoms with Crippen LogP contribution < -0.4 is 4.74 Å². The molecule has 1 aliphatic rings. The van der Waals surface area contributed by atoms with Crippen molar-refractivity contribution in [2.24, 2.45) is 0 Å². The Morgan fingerprint density at radius 2 is 1.31 bits per heavy atom. The van der Waals surface area contributed by atoms with Crippen LogP contribution in [0, 0.1) is 0 Å². The number of aromatic hydroxyl groups is 1. The molecule has 3 aromatic rings. The minimum absolute atomic E-state index is 0.0351. The lowest BCUT2D eigenvalue weighted by Gasteiger charge is -2.35. The highest BCUT2D eigenvalue weighted by Crippen LogP contribution is 2.24. The number of para-hydroxylation sites is 2. The lowest BCUT2D eigenvalue weighted by Crippen LogP contribution is -2.50. The van der Waals surface area contributed by atoms with Crippen LogP contribution in [-0.4, -0.2) is 52.9 Å². The molecule has 0 aliphatic carbocycles. The van der Waals surface area contributed by atoms with Crippen LogP contribution in [0.1, 0.15) is 26.3 Å². The highest BCUT2D eigenvalue weighted by atomic mass is 79.9. The monoisotopic (exact) mass is 494 g/mol. The Balaban J connectivity index is 1.41. The van der Waals surface area contributed by atoms with E-state index >= 15 is 0 Å². The second-order valence-electron chi connectivity index (χ2n) is 7.48. The molecule has 0 spiro atoms. The molecule has 7 heteroatoms. The van der Waals surface area contributed by atoms with Crippen molar-refractivity contribution < 1.29 is 19.4 Å². The van der Waals surface area contributed by atoms with Crippen LogP contribution in [0.3, 0.4) is 0 Å². The molecule has 1 heterocycles. The Kier molecular flexibility index (Phi) is 6.75. The molecule has 164 valence electrons. The summed E-state index contributed by atoms with van der Waals surface area (Å²) in [6.07, 6.45) is 0. The first kappa shape index (κ1) is 21.9. The van der Waals surface area contributed by atoms with Gasteiger partial charge in [0.15, 0.2) is 0 Å². The van der Waals surface area contributed by atoms with Gasteiger partial charge in [-0.1, -0.05) is 58.4 Å². The van der Waals surface area contributed by atoms with E-state index < -0.39 is 0 Å². The summed E-state index contributed by atoms with van der Waals surface area (Å²) < 4.78 is 6.93. The van der Waals surface area contributed by atoms with E-state index in [1.54, 1.807) is 40.1 Å². The number of carbonyl (C=O) groups is 2. The third-order valence-corrected chi connectivity index (χ3v) is 6.22. The first-order valence-corrected chi connectivity index (χ1v) is 11.2. The number of piperazine rings is 1. The second kappa shape index (κ2) is 9.87. The van der Waals surface area contributed by atoms with Crippen molar-refractivity contribution in [3.63, 3.8) is 0 Å². The summed E-state index contributed by atoms with van der Waals surface area (Å²) in [5.74, 6) is 0.142. The number of phenolic OH excluding ortho intramolecular Hbond substituents is 1. The average molecular weight is 495 g/mol. The summed E-state index contributed by atoms with van der Waals surface area (Å²) in [5, 5.41) is 9.95. The third kappa shape index (κ3) is 4.78. The number of halogens is 1. The highest BCUT2D eigenvalue weighted by Gasteiger charge is 2.27. The third-order valence-electron chi connectivity index (χ3n) is 5.45. The van der Waals surface area contributed by atoms with Gasteiger partial charge in [-0.3, -0.25) is 9.59 Å². The fraction of sp³-hybridized carbons (Fsp3) is 0.200. The standard InChI is InChI=1S/C25H23BrN2O4/c26-21-10-4-1-7-18(21)17-32-23-12-6-3-9-20(23)25(31)28-15-13-27(14-16-28)24(30)19-8-2-5-11-22(19)29/h1-12,29H,13-17H2. The number of benzene rings is 3. The van der Waals surface area contributed by atoms with Gasteiger partial charge in [0.05, 0.1) is 11.1 Å². The lowest BCUT2D eigenvalue weighted by molar-refractivity contribution is 0.0531. The number of amides is 2. The van der Waals surface area contributed by atoms with Crippen molar-refractivity contribution >= 4 is 27.7 Å². The summed E-state index contributed by atoms with van der Waals surface area (Å²) in [6, 6.07) is 21.5. The SMILES string of the molecule is O=C(c1ccccc1O)N1CCN(C(=O)c2ccccc2OCc2ccccc2Br)CC1. The van der Waals surface area contributed by atoms with Crippen LogP contribution >= 0.6 is 15.9 Å². The highest BCUT2D eigenvalue weighted by molar-refractivity contribution is 9.10. The van der Waals surface area contributed by atoms with Crippen molar-refractivity contribution in [3.05, 3.63) is 94.0 Å². The van der Waals surface area contributed by atoms with Gasteiger partial charge in [-0.15, -0.1) is 0 Å². The fourth-order valence-corrected chi connectivity index (χ4v) is 4.05. The molecule has 2 amide bonds. The van der Waals surface area contributed by atoms with Gasteiger partial charge in [0.25, 0.3) is 11.8 Å². The number of carbonyl (C=O) groups excluding carboxylic acids is 2. The number of hydrogen-bond donors (Lipinski definition) is 1. The van der Waals surface area contributed by atoms with Gasteiger partial charge in [0.1, 0.15) is 18.1 Å². The van der Waals surface area contributed by atoms with E-state index in [1.807, 2.05) is 36.4 Å². The van der Waals surface area contributed by atoms with Crippen LogP contribution in [0.5, 0.6) is 11.5 Å². The van der Waals surface area contributed by atoms with E-state index in [1.165, 1.54) is 6.07 Å². The second-order valence-corrected chi connectivity index (χ2v) is 8.33. The summed E-state index contributed by atoms with van der Waals surface area (Å²) in [6.45, 7) is 1.97. The molecule has 1 saturated heterocycles. The van der Waals surface area contributed by atoms with E-state index in [9.17, 15) is 14.7 Å². The van der Waals surface area contributed by atoms with Crippen molar-refractivity contribution in [2.75, 3.05) is 26.2 Å². The first-order chi connectivity index (χ1) is 15.5. The Morgan fingerprint density at radius 3 is 1.97 bits per heavy atom. The Bertz CT molecular complexity index is 1130. The van der Waals surface area contributed by atoms with E-state index in [0.29, 0.717) is 44.1 Å². The van der Waals surface area contributed by atoms with Crippen LogP contribution in [0.25, 0.3) is 0 Å². The van der Waals surface area contributed by atoms with Gasteiger partial charge in [-0.05, 0) is 30.3 Å². The molecular weight excluding hydrogens is 472 g/mol. The molecule has 6 nitrogen and oxygen atoms in total. The number of ether oxygens (including phenoxy) is 1. The zero-order chi connectivity index (χ0) is 22.5. The van der Waals surface area contributed by atoms with E-state index in [0.717, 1.165) is 10.0 Å². The van der Waals surface area contributed by atoms with Gasteiger partial charge >= 0.3 is 0 Å². The molecule has 0 unspecified atom stereocenters. The van der Waals surface area contributed by atoms with Crippen molar-refractivity contribution in [1.82, 2.24) is 9.80 Å².